The van der Waals surface area contributed by atoms with Crippen molar-refractivity contribution < 1.29 is 9.21 Å². The lowest BCUT2D eigenvalue weighted by Crippen LogP contribution is -2.06. The molecule has 88 valence electrons. The van der Waals surface area contributed by atoms with Gasteiger partial charge >= 0.3 is 5.63 Å². The number of ketones is 1. The molecule has 1 fully saturated rings. The second-order valence-corrected chi connectivity index (χ2v) is 4.87. The third-order valence-corrected chi connectivity index (χ3v) is 3.63. The van der Waals surface area contributed by atoms with Gasteiger partial charge in [0.25, 0.3) is 0 Å². The lowest BCUT2D eigenvalue weighted by Gasteiger charge is -2.03. The maximum Gasteiger partial charge on any atom is 0.336 e. The van der Waals surface area contributed by atoms with E-state index in [1.807, 2.05) is 18.2 Å². The minimum atomic E-state index is -0.361. The molecular weight excluding hydrogens is 228 g/mol. The molecule has 0 spiro atoms. The van der Waals surface area contributed by atoms with Crippen molar-refractivity contribution in [2.45, 2.75) is 18.8 Å². The van der Waals surface area contributed by atoms with Crippen molar-refractivity contribution in [1.29, 1.82) is 0 Å². The van der Waals surface area contributed by atoms with Crippen molar-refractivity contribution in [3.05, 3.63) is 57.6 Å². The van der Waals surface area contributed by atoms with E-state index in [1.165, 1.54) is 6.07 Å². The van der Waals surface area contributed by atoms with Crippen LogP contribution in [0.2, 0.25) is 0 Å². The summed E-state index contributed by atoms with van der Waals surface area (Å²) >= 11 is 0. The summed E-state index contributed by atoms with van der Waals surface area (Å²) < 4.78 is 5.27. The highest BCUT2D eigenvalue weighted by Crippen LogP contribution is 2.46. The summed E-state index contributed by atoms with van der Waals surface area (Å²) in [5.41, 5.74) is 2.52. The van der Waals surface area contributed by atoms with Crippen LogP contribution in [0.25, 0.3) is 11.1 Å². The second-order valence-electron chi connectivity index (χ2n) is 4.87. The van der Waals surface area contributed by atoms with Crippen molar-refractivity contribution in [2.24, 2.45) is 0 Å². The van der Waals surface area contributed by atoms with E-state index in [-0.39, 0.29) is 17.3 Å². The molecule has 18 heavy (non-hydrogen) atoms. The molecule has 4 rings (SSSR count). The fourth-order valence-electron chi connectivity index (χ4n) is 2.64. The monoisotopic (exact) mass is 238 g/mol. The SMILES string of the molecule is O=C1c2ccccc2-c2cc(=O)oc(C3CC3)c21. The van der Waals surface area contributed by atoms with Gasteiger partial charge in [-0.1, -0.05) is 24.3 Å². The van der Waals surface area contributed by atoms with Crippen molar-refractivity contribution in [2.75, 3.05) is 0 Å². The van der Waals surface area contributed by atoms with Crippen molar-refractivity contribution >= 4 is 5.78 Å². The second kappa shape index (κ2) is 3.19. The molecular formula is C15H10O3. The molecule has 1 aromatic carbocycles. The molecule has 0 unspecified atom stereocenters. The Morgan fingerprint density at radius 2 is 1.72 bits per heavy atom. The van der Waals surface area contributed by atoms with Gasteiger partial charge in [-0.15, -0.1) is 0 Å². The molecule has 0 amide bonds. The Kier molecular flexibility index (Phi) is 1.74. The van der Waals surface area contributed by atoms with Crippen LogP contribution in [-0.4, -0.2) is 5.78 Å². The maximum atomic E-state index is 12.4. The van der Waals surface area contributed by atoms with Crippen LogP contribution in [0.5, 0.6) is 0 Å². The van der Waals surface area contributed by atoms with Gasteiger partial charge < -0.3 is 4.42 Å². The third-order valence-electron chi connectivity index (χ3n) is 3.63. The van der Waals surface area contributed by atoms with Gasteiger partial charge in [0.2, 0.25) is 0 Å². The molecule has 0 N–H and O–H groups in total. The van der Waals surface area contributed by atoms with E-state index in [2.05, 4.69) is 0 Å². The smallest absolute Gasteiger partial charge is 0.336 e. The molecule has 1 aromatic heterocycles. The van der Waals surface area contributed by atoms with Gasteiger partial charge in [0.1, 0.15) is 5.76 Å². The summed E-state index contributed by atoms with van der Waals surface area (Å²) in [6, 6.07) is 8.85. The quantitative estimate of drug-likeness (QED) is 0.654. The zero-order valence-electron chi connectivity index (χ0n) is 9.60. The van der Waals surface area contributed by atoms with Crippen molar-refractivity contribution in [3.8, 4) is 11.1 Å². The fraction of sp³-hybridized carbons (Fsp3) is 0.200. The number of rotatable bonds is 1. The molecule has 0 saturated heterocycles. The molecule has 1 saturated carbocycles. The van der Waals surface area contributed by atoms with Crippen LogP contribution < -0.4 is 5.63 Å². The Morgan fingerprint density at radius 1 is 1.00 bits per heavy atom. The number of hydrogen-bond acceptors (Lipinski definition) is 3. The molecule has 2 aliphatic carbocycles. The van der Waals surface area contributed by atoms with Crippen molar-refractivity contribution in [1.82, 2.24) is 0 Å². The third kappa shape index (κ3) is 1.19. The number of fused-ring (bicyclic) bond motifs is 3. The lowest BCUT2D eigenvalue weighted by atomic mass is 10.1. The van der Waals surface area contributed by atoms with Crippen LogP contribution in [0.15, 0.2) is 39.5 Å². The average molecular weight is 238 g/mol. The van der Waals surface area contributed by atoms with Gasteiger partial charge in [0.05, 0.1) is 5.56 Å². The number of benzene rings is 1. The Labute approximate surface area is 103 Å². The minimum absolute atomic E-state index is 0.00810. The molecule has 3 nitrogen and oxygen atoms in total. The van der Waals surface area contributed by atoms with E-state index in [9.17, 15) is 9.59 Å². The number of carbonyl (C=O) groups is 1. The first kappa shape index (κ1) is 9.83. The molecule has 2 aliphatic rings. The predicted octanol–water partition coefficient (Wildman–Crippen LogP) is 2.73. The van der Waals surface area contributed by atoms with Crippen LogP contribution in [0.3, 0.4) is 0 Å². The summed E-state index contributed by atoms with van der Waals surface area (Å²) in [6.45, 7) is 0. The molecule has 0 bridgehead atoms. The number of carbonyl (C=O) groups excluding carboxylic acids is 1. The standard InChI is InChI=1S/C15H10O3/c16-12-7-11-9-3-1-2-4-10(9)14(17)13(11)15(18-12)8-5-6-8/h1-4,7-8H,5-6H2. The van der Waals surface area contributed by atoms with E-state index < -0.39 is 0 Å². The highest BCUT2D eigenvalue weighted by Gasteiger charge is 2.37. The van der Waals surface area contributed by atoms with Gasteiger partial charge in [0.15, 0.2) is 5.78 Å². The zero-order valence-corrected chi connectivity index (χ0v) is 9.60. The van der Waals surface area contributed by atoms with Gasteiger partial charge in [-0.2, -0.15) is 0 Å². The van der Waals surface area contributed by atoms with Crippen LogP contribution in [0.4, 0.5) is 0 Å². The summed E-state index contributed by atoms with van der Waals surface area (Å²) in [5, 5.41) is 0. The Hall–Kier alpha value is -2.16. The molecule has 3 heteroatoms. The summed E-state index contributed by atoms with van der Waals surface area (Å²) in [6.07, 6.45) is 2.01. The van der Waals surface area contributed by atoms with Gasteiger partial charge in [0, 0.05) is 23.1 Å². The highest BCUT2D eigenvalue weighted by molar-refractivity contribution is 6.22. The van der Waals surface area contributed by atoms with Crippen LogP contribution in [-0.2, 0) is 0 Å². The van der Waals surface area contributed by atoms with E-state index in [0.29, 0.717) is 16.9 Å². The summed E-state index contributed by atoms with van der Waals surface area (Å²) in [7, 11) is 0. The molecule has 1 heterocycles. The highest BCUT2D eigenvalue weighted by atomic mass is 16.4. The van der Waals surface area contributed by atoms with Crippen molar-refractivity contribution in [3.63, 3.8) is 0 Å². The Bertz CT molecular complexity index is 736. The van der Waals surface area contributed by atoms with E-state index >= 15 is 0 Å². The van der Waals surface area contributed by atoms with Gasteiger partial charge in [-0.25, -0.2) is 4.79 Å². The molecule has 0 atom stereocenters. The Morgan fingerprint density at radius 3 is 2.44 bits per heavy atom. The number of hydrogen-bond donors (Lipinski definition) is 0. The van der Waals surface area contributed by atoms with E-state index in [1.54, 1.807) is 6.07 Å². The van der Waals surface area contributed by atoms with Crippen LogP contribution in [0.1, 0.15) is 40.4 Å². The predicted molar refractivity (Wildman–Crippen MR) is 65.8 cm³/mol. The fourth-order valence-corrected chi connectivity index (χ4v) is 2.64. The average Bonchev–Trinajstić information content (AvgIpc) is 3.17. The van der Waals surface area contributed by atoms with E-state index in [0.717, 1.165) is 24.0 Å². The topological polar surface area (TPSA) is 47.3 Å². The van der Waals surface area contributed by atoms with Crippen LogP contribution >= 0.6 is 0 Å². The first-order valence-corrected chi connectivity index (χ1v) is 6.08. The maximum absolute atomic E-state index is 12.4. The van der Waals surface area contributed by atoms with Crippen LogP contribution in [0, 0.1) is 0 Å². The lowest BCUT2D eigenvalue weighted by molar-refractivity contribution is 0.104. The first-order chi connectivity index (χ1) is 8.75. The van der Waals surface area contributed by atoms with Gasteiger partial charge in [-0.05, 0) is 18.4 Å². The Balaban J connectivity index is 2.10. The first-order valence-electron chi connectivity index (χ1n) is 6.08. The molecule has 0 aliphatic heterocycles. The molecule has 2 aromatic rings. The van der Waals surface area contributed by atoms with E-state index in [4.69, 9.17) is 4.42 Å². The minimum Gasteiger partial charge on any atom is -0.427 e. The van der Waals surface area contributed by atoms with Gasteiger partial charge in [-0.3, -0.25) is 4.79 Å². The largest absolute Gasteiger partial charge is 0.427 e. The molecule has 0 radical (unpaired) electrons. The zero-order chi connectivity index (χ0) is 12.3. The summed E-state index contributed by atoms with van der Waals surface area (Å²) in [5.74, 6) is 0.843. The summed E-state index contributed by atoms with van der Waals surface area (Å²) in [4.78, 5) is 24.0. The normalized spacial score (nSPS) is 16.6.